The summed E-state index contributed by atoms with van der Waals surface area (Å²) in [5.74, 6) is 0. The first-order valence-electron chi connectivity index (χ1n) is 5.11. The van der Waals surface area contributed by atoms with Crippen molar-refractivity contribution >= 4 is 23.0 Å². The minimum absolute atomic E-state index is 0.588. The van der Waals surface area contributed by atoms with Crippen molar-refractivity contribution in [3.63, 3.8) is 0 Å². The first-order valence-corrected chi connectivity index (χ1v) is 5.49. The van der Waals surface area contributed by atoms with Crippen LogP contribution in [0.3, 0.4) is 0 Å². The van der Waals surface area contributed by atoms with Gasteiger partial charge in [-0.3, -0.25) is 0 Å². The van der Waals surface area contributed by atoms with Crippen molar-refractivity contribution in [1.29, 1.82) is 0 Å². The fourth-order valence-corrected chi connectivity index (χ4v) is 1.41. The Morgan fingerprint density at radius 2 is 2.27 bits per heavy atom. The second kappa shape index (κ2) is 6.53. The van der Waals surface area contributed by atoms with E-state index in [-0.39, 0.29) is 0 Å². The molecular formula is C11H17ClN2O. The summed E-state index contributed by atoms with van der Waals surface area (Å²) < 4.78 is 5.23. The SMILES string of the molecule is CCOCCCNc1cccc(Cl)c1N. The van der Waals surface area contributed by atoms with Crippen LogP contribution in [0.4, 0.5) is 11.4 Å². The Hall–Kier alpha value is -0.930. The Balaban J connectivity index is 2.34. The second-order valence-electron chi connectivity index (χ2n) is 3.18. The molecule has 3 N–H and O–H groups in total. The summed E-state index contributed by atoms with van der Waals surface area (Å²) in [6, 6.07) is 5.58. The van der Waals surface area contributed by atoms with Gasteiger partial charge in [0.1, 0.15) is 0 Å². The average molecular weight is 229 g/mol. The maximum absolute atomic E-state index is 5.89. The molecule has 3 nitrogen and oxygen atoms in total. The van der Waals surface area contributed by atoms with E-state index >= 15 is 0 Å². The van der Waals surface area contributed by atoms with Gasteiger partial charge in [0.15, 0.2) is 0 Å². The number of hydrogen-bond donors (Lipinski definition) is 2. The highest BCUT2D eigenvalue weighted by molar-refractivity contribution is 6.33. The molecule has 0 aromatic heterocycles. The number of hydrogen-bond acceptors (Lipinski definition) is 3. The van der Waals surface area contributed by atoms with Gasteiger partial charge in [-0.05, 0) is 25.5 Å². The van der Waals surface area contributed by atoms with Crippen molar-refractivity contribution in [3.05, 3.63) is 23.2 Å². The van der Waals surface area contributed by atoms with E-state index in [0.29, 0.717) is 10.7 Å². The van der Waals surface area contributed by atoms with E-state index in [1.54, 1.807) is 6.07 Å². The van der Waals surface area contributed by atoms with E-state index in [0.717, 1.165) is 31.9 Å². The lowest BCUT2D eigenvalue weighted by atomic mass is 10.2. The standard InChI is InChI=1S/C11H17ClN2O/c1-2-15-8-4-7-14-10-6-3-5-9(12)11(10)13/h3,5-6,14H,2,4,7-8,13H2,1H3. The topological polar surface area (TPSA) is 47.3 Å². The molecule has 1 rings (SSSR count). The molecule has 0 amide bonds. The van der Waals surface area contributed by atoms with E-state index in [1.807, 2.05) is 19.1 Å². The highest BCUT2D eigenvalue weighted by atomic mass is 35.5. The lowest BCUT2D eigenvalue weighted by Crippen LogP contribution is -2.07. The number of benzene rings is 1. The summed E-state index contributed by atoms with van der Waals surface area (Å²) in [6.45, 7) is 4.36. The van der Waals surface area contributed by atoms with Crippen molar-refractivity contribution in [2.75, 3.05) is 30.8 Å². The van der Waals surface area contributed by atoms with Crippen LogP contribution in [-0.4, -0.2) is 19.8 Å². The molecule has 0 aliphatic rings. The lowest BCUT2D eigenvalue weighted by Gasteiger charge is -2.09. The molecule has 0 bridgehead atoms. The Bertz CT molecular complexity index is 305. The van der Waals surface area contributed by atoms with E-state index in [1.165, 1.54) is 0 Å². The summed E-state index contributed by atoms with van der Waals surface area (Å²) in [6.07, 6.45) is 0.958. The van der Waals surface area contributed by atoms with Gasteiger partial charge in [0.25, 0.3) is 0 Å². The van der Waals surface area contributed by atoms with Gasteiger partial charge in [0.2, 0.25) is 0 Å². The number of nitrogen functional groups attached to an aromatic ring is 1. The van der Waals surface area contributed by atoms with Gasteiger partial charge in [-0.2, -0.15) is 0 Å². The molecule has 0 saturated carbocycles. The molecular weight excluding hydrogens is 212 g/mol. The van der Waals surface area contributed by atoms with Crippen molar-refractivity contribution in [2.24, 2.45) is 0 Å². The summed E-state index contributed by atoms with van der Waals surface area (Å²) in [7, 11) is 0. The van der Waals surface area contributed by atoms with Crippen molar-refractivity contribution in [3.8, 4) is 0 Å². The molecule has 84 valence electrons. The normalized spacial score (nSPS) is 10.3. The number of rotatable bonds is 6. The number of halogens is 1. The van der Waals surface area contributed by atoms with Crippen LogP contribution in [0.2, 0.25) is 5.02 Å². The zero-order valence-corrected chi connectivity index (χ0v) is 9.68. The van der Waals surface area contributed by atoms with Crippen LogP contribution in [-0.2, 0) is 4.74 Å². The maximum atomic E-state index is 5.89. The van der Waals surface area contributed by atoms with Gasteiger partial charge in [-0.1, -0.05) is 17.7 Å². The molecule has 0 aliphatic carbocycles. The third-order valence-electron chi connectivity index (χ3n) is 2.04. The second-order valence-corrected chi connectivity index (χ2v) is 3.59. The van der Waals surface area contributed by atoms with Gasteiger partial charge in [0.05, 0.1) is 16.4 Å². The maximum Gasteiger partial charge on any atom is 0.0739 e. The van der Waals surface area contributed by atoms with Gasteiger partial charge >= 0.3 is 0 Å². The molecule has 0 heterocycles. The molecule has 15 heavy (non-hydrogen) atoms. The zero-order valence-electron chi connectivity index (χ0n) is 8.92. The van der Waals surface area contributed by atoms with Gasteiger partial charge < -0.3 is 15.8 Å². The Morgan fingerprint density at radius 3 is 3.00 bits per heavy atom. The molecule has 1 aromatic rings. The smallest absolute Gasteiger partial charge is 0.0739 e. The highest BCUT2D eigenvalue weighted by Crippen LogP contribution is 2.26. The lowest BCUT2D eigenvalue weighted by molar-refractivity contribution is 0.147. The largest absolute Gasteiger partial charge is 0.396 e. The first kappa shape index (κ1) is 12.1. The van der Waals surface area contributed by atoms with Crippen molar-refractivity contribution < 1.29 is 4.74 Å². The molecule has 0 atom stereocenters. The summed E-state index contributed by atoms with van der Waals surface area (Å²) in [5.41, 5.74) is 7.29. The summed E-state index contributed by atoms with van der Waals surface area (Å²) in [4.78, 5) is 0. The molecule has 0 unspecified atom stereocenters. The number of nitrogens with one attached hydrogen (secondary N) is 1. The molecule has 0 fully saturated rings. The molecule has 1 aromatic carbocycles. The van der Waals surface area contributed by atoms with Gasteiger partial charge in [-0.15, -0.1) is 0 Å². The Morgan fingerprint density at radius 1 is 1.47 bits per heavy atom. The fourth-order valence-electron chi connectivity index (χ4n) is 1.23. The number of para-hydroxylation sites is 1. The van der Waals surface area contributed by atoms with Gasteiger partial charge in [-0.25, -0.2) is 0 Å². The summed E-state index contributed by atoms with van der Waals surface area (Å²) in [5, 5.41) is 3.81. The van der Waals surface area contributed by atoms with Crippen LogP contribution < -0.4 is 11.1 Å². The third kappa shape index (κ3) is 3.98. The average Bonchev–Trinajstić information content (AvgIpc) is 2.24. The molecule has 0 saturated heterocycles. The highest BCUT2D eigenvalue weighted by Gasteiger charge is 2.01. The monoisotopic (exact) mass is 228 g/mol. The van der Waals surface area contributed by atoms with Gasteiger partial charge in [0, 0.05) is 19.8 Å². The van der Waals surface area contributed by atoms with Crippen LogP contribution >= 0.6 is 11.6 Å². The minimum atomic E-state index is 0.588. The zero-order chi connectivity index (χ0) is 11.1. The predicted octanol–water partition coefficient (Wildman–Crippen LogP) is 2.76. The quantitative estimate of drug-likeness (QED) is 0.582. The van der Waals surface area contributed by atoms with Crippen LogP contribution in [0.5, 0.6) is 0 Å². The third-order valence-corrected chi connectivity index (χ3v) is 2.37. The number of ether oxygens (including phenoxy) is 1. The summed E-state index contributed by atoms with van der Waals surface area (Å²) >= 11 is 5.89. The number of nitrogens with two attached hydrogens (primary N) is 1. The minimum Gasteiger partial charge on any atom is -0.396 e. The molecule has 0 aliphatic heterocycles. The first-order chi connectivity index (χ1) is 7.25. The van der Waals surface area contributed by atoms with Crippen LogP contribution in [0.1, 0.15) is 13.3 Å². The van der Waals surface area contributed by atoms with E-state index < -0.39 is 0 Å². The van der Waals surface area contributed by atoms with E-state index in [2.05, 4.69) is 5.32 Å². The molecule has 0 spiro atoms. The van der Waals surface area contributed by atoms with E-state index in [9.17, 15) is 0 Å². The van der Waals surface area contributed by atoms with Crippen molar-refractivity contribution in [1.82, 2.24) is 0 Å². The Labute approximate surface area is 95.6 Å². The van der Waals surface area contributed by atoms with Crippen LogP contribution in [0.15, 0.2) is 18.2 Å². The van der Waals surface area contributed by atoms with E-state index in [4.69, 9.17) is 22.1 Å². The number of anilines is 2. The molecule has 4 heteroatoms. The van der Waals surface area contributed by atoms with Crippen LogP contribution in [0.25, 0.3) is 0 Å². The molecule has 0 radical (unpaired) electrons. The fraction of sp³-hybridized carbons (Fsp3) is 0.455. The van der Waals surface area contributed by atoms with Crippen molar-refractivity contribution in [2.45, 2.75) is 13.3 Å². The Kier molecular flexibility index (Phi) is 5.29. The van der Waals surface area contributed by atoms with Crippen LogP contribution in [0, 0.1) is 0 Å². The predicted molar refractivity (Wildman–Crippen MR) is 65.5 cm³/mol.